The van der Waals surface area contributed by atoms with Gasteiger partial charge in [0.15, 0.2) is 5.82 Å². The molecule has 1 aromatic heterocycles. The van der Waals surface area contributed by atoms with Crippen molar-refractivity contribution in [3.05, 3.63) is 59.7 Å². The van der Waals surface area contributed by atoms with E-state index in [4.69, 9.17) is 0 Å². The van der Waals surface area contributed by atoms with Crippen LogP contribution >= 0.6 is 0 Å². The average molecular weight is 273 g/mol. The van der Waals surface area contributed by atoms with E-state index in [1.165, 1.54) is 30.3 Å². The van der Waals surface area contributed by atoms with E-state index in [-0.39, 0.29) is 16.8 Å². The predicted molar refractivity (Wildman–Crippen MR) is 70.4 cm³/mol. The molecule has 0 saturated heterocycles. The molecule has 0 saturated carbocycles. The summed E-state index contributed by atoms with van der Waals surface area (Å²) in [6.45, 7) is 0. The summed E-state index contributed by atoms with van der Waals surface area (Å²) in [6, 6.07) is 9.52. The highest BCUT2D eigenvalue weighted by Crippen LogP contribution is 2.23. The second-order valence-electron chi connectivity index (χ2n) is 4.20. The average Bonchev–Trinajstić information content (AvgIpc) is 2.84. The number of rotatable bonds is 2. The lowest BCUT2D eigenvalue weighted by atomic mass is 10.2. The molecule has 2 aromatic carbocycles. The van der Waals surface area contributed by atoms with Crippen LogP contribution in [0.1, 0.15) is 10.4 Å². The van der Waals surface area contributed by atoms with Crippen molar-refractivity contribution < 1.29 is 13.6 Å². The maximum atomic E-state index is 13.7. The first kappa shape index (κ1) is 12.3. The summed E-state index contributed by atoms with van der Waals surface area (Å²) in [7, 11) is 0. The number of hydrogen-bond donors (Lipinski definition) is 2. The third-order valence-electron chi connectivity index (χ3n) is 2.88. The van der Waals surface area contributed by atoms with Crippen LogP contribution < -0.4 is 5.32 Å². The molecule has 0 atom stereocenters. The van der Waals surface area contributed by atoms with Gasteiger partial charge < -0.3 is 5.32 Å². The van der Waals surface area contributed by atoms with E-state index in [2.05, 4.69) is 15.5 Å². The van der Waals surface area contributed by atoms with Gasteiger partial charge in [0.1, 0.15) is 11.6 Å². The maximum Gasteiger partial charge on any atom is 0.256 e. The predicted octanol–water partition coefficient (Wildman–Crippen LogP) is 3.09. The van der Waals surface area contributed by atoms with E-state index in [0.29, 0.717) is 5.52 Å². The summed E-state index contributed by atoms with van der Waals surface area (Å²) < 4.78 is 26.5. The van der Waals surface area contributed by atoms with Crippen LogP contribution in [0.5, 0.6) is 0 Å². The number of nitrogens with zero attached hydrogens (tertiary/aromatic N) is 1. The Morgan fingerprint density at radius 2 is 1.85 bits per heavy atom. The lowest BCUT2D eigenvalue weighted by molar-refractivity contribution is 0.102. The van der Waals surface area contributed by atoms with Crippen LogP contribution in [0.4, 0.5) is 14.6 Å². The topological polar surface area (TPSA) is 57.8 Å². The third-order valence-corrected chi connectivity index (χ3v) is 2.88. The fourth-order valence-electron chi connectivity index (χ4n) is 1.90. The minimum atomic E-state index is -0.485. The lowest BCUT2D eigenvalue weighted by Crippen LogP contribution is -2.12. The Kier molecular flexibility index (Phi) is 2.90. The van der Waals surface area contributed by atoms with Gasteiger partial charge in [0.2, 0.25) is 0 Å². The SMILES string of the molecule is O=C(Nc1n[nH]c2cccc(F)c12)c1ccc(F)cc1. The van der Waals surface area contributed by atoms with E-state index in [1.54, 1.807) is 12.1 Å². The molecule has 6 heteroatoms. The van der Waals surface area contributed by atoms with Crippen molar-refractivity contribution in [3.8, 4) is 0 Å². The highest BCUT2D eigenvalue weighted by molar-refractivity contribution is 6.07. The van der Waals surface area contributed by atoms with Crippen LogP contribution in [-0.4, -0.2) is 16.1 Å². The molecule has 0 fully saturated rings. The molecule has 4 nitrogen and oxygen atoms in total. The van der Waals surface area contributed by atoms with Gasteiger partial charge >= 0.3 is 0 Å². The fraction of sp³-hybridized carbons (Fsp3) is 0. The molecule has 0 aliphatic heterocycles. The first-order chi connectivity index (χ1) is 9.65. The van der Waals surface area contributed by atoms with Crippen LogP contribution in [0.15, 0.2) is 42.5 Å². The lowest BCUT2D eigenvalue weighted by Gasteiger charge is -2.03. The molecule has 3 aromatic rings. The van der Waals surface area contributed by atoms with Crippen molar-refractivity contribution in [2.75, 3.05) is 5.32 Å². The van der Waals surface area contributed by atoms with Crippen molar-refractivity contribution >= 4 is 22.6 Å². The molecule has 1 heterocycles. The number of nitrogens with one attached hydrogen (secondary N) is 2. The molecular formula is C14H9F2N3O. The van der Waals surface area contributed by atoms with Crippen LogP contribution in [0, 0.1) is 11.6 Å². The van der Waals surface area contributed by atoms with E-state index in [9.17, 15) is 13.6 Å². The first-order valence-electron chi connectivity index (χ1n) is 5.84. The molecule has 0 aliphatic rings. The molecule has 0 spiro atoms. The van der Waals surface area contributed by atoms with Crippen LogP contribution in [0.3, 0.4) is 0 Å². The Bertz CT molecular complexity index is 781. The summed E-state index contributed by atoms with van der Waals surface area (Å²) in [6.07, 6.45) is 0. The van der Waals surface area contributed by atoms with Gasteiger partial charge in [0.25, 0.3) is 5.91 Å². The number of amides is 1. The van der Waals surface area contributed by atoms with Gasteiger partial charge in [0, 0.05) is 5.56 Å². The van der Waals surface area contributed by atoms with Crippen LogP contribution in [-0.2, 0) is 0 Å². The maximum absolute atomic E-state index is 13.7. The quantitative estimate of drug-likeness (QED) is 0.753. The summed E-state index contributed by atoms with van der Waals surface area (Å²) in [5.41, 5.74) is 0.748. The van der Waals surface area contributed by atoms with E-state index in [1.807, 2.05) is 0 Å². The van der Waals surface area contributed by atoms with Gasteiger partial charge in [0.05, 0.1) is 10.9 Å². The van der Waals surface area contributed by atoms with E-state index >= 15 is 0 Å². The molecule has 0 bridgehead atoms. The van der Waals surface area contributed by atoms with E-state index < -0.39 is 17.5 Å². The van der Waals surface area contributed by atoms with Gasteiger partial charge in [-0.05, 0) is 36.4 Å². The molecule has 0 radical (unpaired) electrons. The molecule has 1 amide bonds. The molecule has 0 unspecified atom stereocenters. The largest absolute Gasteiger partial charge is 0.304 e. The minimum Gasteiger partial charge on any atom is -0.304 e. The highest BCUT2D eigenvalue weighted by Gasteiger charge is 2.14. The molecule has 2 N–H and O–H groups in total. The zero-order valence-corrected chi connectivity index (χ0v) is 10.2. The number of fused-ring (bicyclic) bond motifs is 1. The van der Waals surface area contributed by atoms with Crippen LogP contribution in [0.25, 0.3) is 10.9 Å². The van der Waals surface area contributed by atoms with Crippen molar-refractivity contribution in [1.29, 1.82) is 0 Å². The van der Waals surface area contributed by atoms with E-state index in [0.717, 1.165) is 0 Å². The molecule has 0 aliphatic carbocycles. The summed E-state index contributed by atoms with van der Waals surface area (Å²) in [5, 5.41) is 9.21. The Labute approximate surface area is 112 Å². The number of aromatic nitrogens is 2. The Balaban J connectivity index is 1.93. The number of anilines is 1. The number of carbonyl (C=O) groups is 1. The second-order valence-corrected chi connectivity index (χ2v) is 4.20. The summed E-state index contributed by atoms with van der Waals surface area (Å²) in [4.78, 5) is 12.0. The van der Waals surface area contributed by atoms with Gasteiger partial charge in [-0.1, -0.05) is 6.07 Å². The van der Waals surface area contributed by atoms with Crippen molar-refractivity contribution in [1.82, 2.24) is 10.2 Å². The van der Waals surface area contributed by atoms with Gasteiger partial charge in [-0.2, -0.15) is 5.10 Å². The monoisotopic (exact) mass is 273 g/mol. The zero-order chi connectivity index (χ0) is 14.1. The fourth-order valence-corrected chi connectivity index (χ4v) is 1.90. The second kappa shape index (κ2) is 4.73. The highest BCUT2D eigenvalue weighted by atomic mass is 19.1. The number of carbonyl (C=O) groups excluding carboxylic acids is 1. The number of halogens is 2. The molecule has 3 rings (SSSR count). The minimum absolute atomic E-state index is 0.104. The van der Waals surface area contributed by atoms with Crippen molar-refractivity contribution in [2.24, 2.45) is 0 Å². The third kappa shape index (κ3) is 2.11. The standard InChI is InChI=1S/C14H9F2N3O/c15-9-6-4-8(5-7-9)14(20)17-13-12-10(16)2-1-3-11(12)18-19-13/h1-7H,(H2,17,18,19,20). The van der Waals surface area contributed by atoms with Crippen LogP contribution in [0.2, 0.25) is 0 Å². The Morgan fingerprint density at radius 3 is 2.60 bits per heavy atom. The number of aromatic amines is 1. The molecule has 20 heavy (non-hydrogen) atoms. The van der Waals surface area contributed by atoms with Gasteiger partial charge in [-0.25, -0.2) is 8.78 Å². The molecule has 100 valence electrons. The summed E-state index contributed by atoms with van der Waals surface area (Å²) >= 11 is 0. The Hall–Kier alpha value is -2.76. The number of H-pyrrole nitrogens is 1. The molecular weight excluding hydrogens is 264 g/mol. The Morgan fingerprint density at radius 1 is 1.10 bits per heavy atom. The van der Waals surface area contributed by atoms with Gasteiger partial charge in [-0.3, -0.25) is 9.89 Å². The number of benzene rings is 2. The van der Waals surface area contributed by atoms with Crippen molar-refractivity contribution in [2.45, 2.75) is 0 Å². The smallest absolute Gasteiger partial charge is 0.256 e. The summed E-state index contributed by atoms with van der Waals surface area (Å²) in [5.74, 6) is -1.29. The zero-order valence-electron chi connectivity index (χ0n) is 10.2. The van der Waals surface area contributed by atoms with Crippen molar-refractivity contribution in [3.63, 3.8) is 0 Å². The number of hydrogen-bond acceptors (Lipinski definition) is 2. The first-order valence-corrected chi connectivity index (χ1v) is 5.84. The normalized spacial score (nSPS) is 10.7. The van der Waals surface area contributed by atoms with Gasteiger partial charge in [-0.15, -0.1) is 0 Å².